The molecule has 0 atom stereocenters. The highest BCUT2D eigenvalue weighted by atomic mass is 32.1. The number of aromatic nitrogens is 2. The number of hydrogen-bond acceptors (Lipinski definition) is 3. The normalized spacial score (nSPS) is 11.5. The fourth-order valence-corrected chi connectivity index (χ4v) is 2.78. The van der Waals surface area contributed by atoms with Crippen LogP contribution in [0.2, 0.25) is 0 Å². The van der Waals surface area contributed by atoms with E-state index >= 15 is 0 Å². The third-order valence-corrected chi connectivity index (χ3v) is 3.93. The molecule has 0 amide bonds. The third-order valence-electron chi connectivity index (χ3n) is 3.04. The van der Waals surface area contributed by atoms with Crippen molar-refractivity contribution in [1.29, 1.82) is 0 Å². The maximum absolute atomic E-state index is 4.60. The van der Waals surface area contributed by atoms with Gasteiger partial charge in [0, 0.05) is 23.5 Å². The van der Waals surface area contributed by atoms with E-state index in [9.17, 15) is 0 Å². The van der Waals surface area contributed by atoms with Gasteiger partial charge in [-0.2, -0.15) is 5.10 Å². The van der Waals surface area contributed by atoms with Crippen LogP contribution >= 0.6 is 11.3 Å². The van der Waals surface area contributed by atoms with Crippen LogP contribution in [0.3, 0.4) is 0 Å². The lowest BCUT2D eigenvalue weighted by Crippen LogP contribution is -2.22. The molecule has 0 aliphatic carbocycles. The van der Waals surface area contributed by atoms with Crippen LogP contribution in [0.4, 0.5) is 0 Å². The van der Waals surface area contributed by atoms with Crippen LogP contribution in [0.25, 0.3) is 15.8 Å². The van der Waals surface area contributed by atoms with E-state index < -0.39 is 0 Å². The summed E-state index contributed by atoms with van der Waals surface area (Å²) in [5.41, 5.74) is 2.18. The second kappa shape index (κ2) is 5.15. The molecule has 19 heavy (non-hydrogen) atoms. The molecule has 3 nitrogen and oxygen atoms in total. The summed E-state index contributed by atoms with van der Waals surface area (Å²) >= 11 is 1.77. The summed E-state index contributed by atoms with van der Waals surface area (Å²) in [6.07, 6.45) is 2.02. The monoisotopic (exact) mass is 271 g/mol. The molecular weight excluding hydrogens is 254 g/mol. The van der Waals surface area contributed by atoms with Gasteiger partial charge < -0.3 is 5.32 Å². The van der Waals surface area contributed by atoms with E-state index in [4.69, 9.17) is 0 Å². The molecule has 0 unspecified atom stereocenters. The van der Waals surface area contributed by atoms with Crippen molar-refractivity contribution >= 4 is 21.4 Å². The van der Waals surface area contributed by atoms with Crippen molar-refractivity contribution in [3.8, 4) is 5.69 Å². The lowest BCUT2D eigenvalue weighted by atomic mass is 10.2. The highest BCUT2D eigenvalue weighted by Gasteiger charge is 2.03. The molecule has 0 bridgehead atoms. The number of nitrogens with one attached hydrogen (secondary N) is 1. The Hall–Kier alpha value is -1.65. The minimum absolute atomic E-state index is 0.479. The minimum atomic E-state index is 0.479. The molecule has 4 heteroatoms. The van der Waals surface area contributed by atoms with Crippen LogP contribution in [-0.2, 0) is 6.54 Å². The van der Waals surface area contributed by atoms with Crippen molar-refractivity contribution in [1.82, 2.24) is 15.1 Å². The molecule has 0 aliphatic rings. The third kappa shape index (κ3) is 2.69. The van der Waals surface area contributed by atoms with Gasteiger partial charge in [0.15, 0.2) is 0 Å². The van der Waals surface area contributed by atoms with Gasteiger partial charge in [-0.15, -0.1) is 11.3 Å². The number of thiophene rings is 1. The summed E-state index contributed by atoms with van der Waals surface area (Å²) in [7, 11) is 0. The zero-order valence-corrected chi connectivity index (χ0v) is 11.9. The number of rotatable bonds is 4. The number of nitrogens with zero attached hydrogens (tertiary/aromatic N) is 2. The van der Waals surface area contributed by atoms with Crippen LogP contribution < -0.4 is 5.32 Å². The van der Waals surface area contributed by atoms with Gasteiger partial charge >= 0.3 is 0 Å². The molecule has 2 aromatic heterocycles. The van der Waals surface area contributed by atoms with E-state index in [-0.39, 0.29) is 0 Å². The van der Waals surface area contributed by atoms with Gasteiger partial charge in [-0.05, 0) is 41.1 Å². The molecule has 0 spiro atoms. The minimum Gasteiger partial charge on any atom is -0.309 e. The molecule has 3 aromatic rings. The maximum Gasteiger partial charge on any atom is 0.0766 e. The first-order valence-electron chi connectivity index (χ1n) is 6.48. The lowest BCUT2D eigenvalue weighted by molar-refractivity contribution is 0.578. The van der Waals surface area contributed by atoms with Gasteiger partial charge in [0.1, 0.15) is 0 Å². The predicted octanol–water partition coefficient (Wildman–Crippen LogP) is 3.59. The van der Waals surface area contributed by atoms with Crippen LogP contribution in [-0.4, -0.2) is 15.8 Å². The van der Waals surface area contributed by atoms with Gasteiger partial charge in [0.2, 0.25) is 0 Å². The van der Waals surface area contributed by atoms with Crippen LogP contribution in [0.15, 0.2) is 41.9 Å². The van der Waals surface area contributed by atoms with E-state index in [2.05, 4.69) is 60.0 Å². The topological polar surface area (TPSA) is 29.9 Å². The highest BCUT2D eigenvalue weighted by Crippen LogP contribution is 2.23. The Morgan fingerprint density at radius 1 is 1.26 bits per heavy atom. The molecule has 1 N–H and O–H groups in total. The van der Waals surface area contributed by atoms with Gasteiger partial charge in [-0.25, -0.2) is 4.68 Å². The highest BCUT2D eigenvalue weighted by molar-refractivity contribution is 7.17. The second-order valence-electron chi connectivity index (χ2n) is 4.93. The maximum atomic E-state index is 4.60. The van der Waals surface area contributed by atoms with E-state index in [0.717, 1.165) is 17.9 Å². The number of hydrogen-bond donors (Lipinski definition) is 1. The second-order valence-corrected chi connectivity index (χ2v) is 5.88. The first kappa shape index (κ1) is 12.4. The van der Waals surface area contributed by atoms with E-state index in [1.54, 1.807) is 11.3 Å². The zero-order chi connectivity index (χ0) is 13.2. The smallest absolute Gasteiger partial charge is 0.0766 e. The standard InChI is InChI=1S/C15H17N3S/c1-11(2)16-10-13-5-7-18(17-13)14-3-4-15-12(9-14)6-8-19-15/h3-9,11,16H,10H2,1-2H3. The molecule has 0 saturated carbocycles. The van der Waals surface area contributed by atoms with Crippen molar-refractivity contribution in [2.24, 2.45) is 0 Å². The van der Waals surface area contributed by atoms with Gasteiger partial charge in [-0.1, -0.05) is 13.8 Å². The molecule has 0 saturated heterocycles. The Labute approximate surface area is 116 Å². The predicted molar refractivity (Wildman–Crippen MR) is 80.9 cm³/mol. The molecule has 0 radical (unpaired) electrons. The Morgan fingerprint density at radius 2 is 2.16 bits per heavy atom. The van der Waals surface area contributed by atoms with Crippen LogP contribution in [0.5, 0.6) is 0 Å². The van der Waals surface area contributed by atoms with Crippen LogP contribution in [0.1, 0.15) is 19.5 Å². The van der Waals surface area contributed by atoms with Crippen molar-refractivity contribution < 1.29 is 0 Å². The molecule has 0 fully saturated rings. The Balaban J connectivity index is 1.85. The van der Waals surface area contributed by atoms with Gasteiger partial charge in [0.05, 0.1) is 11.4 Å². The van der Waals surface area contributed by atoms with Crippen molar-refractivity contribution in [3.63, 3.8) is 0 Å². The fourth-order valence-electron chi connectivity index (χ4n) is 2.01. The van der Waals surface area contributed by atoms with Crippen molar-refractivity contribution in [2.75, 3.05) is 0 Å². The molecule has 98 valence electrons. The first-order valence-corrected chi connectivity index (χ1v) is 7.36. The number of fused-ring (bicyclic) bond motifs is 1. The molecule has 0 aliphatic heterocycles. The molecular formula is C15H17N3S. The summed E-state index contributed by atoms with van der Waals surface area (Å²) < 4.78 is 3.26. The van der Waals surface area contributed by atoms with Crippen molar-refractivity contribution in [3.05, 3.63) is 47.6 Å². The summed E-state index contributed by atoms with van der Waals surface area (Å²) in [5.74, 6) is 0. The zero-order valence-electron chi connectivity index (χ0n) is 11.1. The summed E-state index contributed by atoms with van der Waals surface area (Å²) in [6, 6.07) is 11.1. The average Bonchev–Trinajstić information content (AvgIpc) is 3.04. The van der Waals surface area contributed by atoms with E-state index in [1.165, 1.54) is 10.1 Å². The Bertz CT molecular complexity index is 681. The molecule has 1 aromatic carbocycles. The van der Waals surface area contributed by atoms with Crippen LogP contribution in [0, 0.1) is 0 Å². The SMILES string of the molecule is CC(C)NCc1ccn(-c2ccc3sccc3c2)n1. The first-order chi connectivity index (χ1) is 9.22. The van der Waals surface area contributed by atoms with Gasteiger partial charge in [-0.3, -0.25) is 0 Å². The van der Waals surface area contributed by atoms with E-state index in [1.807, 2.05) is 10.9 Å². The van der Waals surface area contributed by atoms with Crippen molar-refractivity contribution in [2.45, 2.75) is 26.4 Å². The van der Waals surface area contributed by atoms with E-state index in [0.29, 0.717) is 6.04 Å². The Morgan fingerprint density at radius 3 is 3.00 bits per heavy atom. The average molecular weight is 271 g/mol. The number of benzene rings is 1. The fraction of sp³-hybridized carbons (Fsp3) is 0.267. The Kier molecular flexibility index (Phi) is 3.36. The quantitative estimate of drug-likeness (QED) is 0.786. The van der Waals surface area contributed by atoms with Gasteiger partial charge in [0.25, 0.3) is 0 Å². The summed E-state index contributed by atoms with van der Waals surface area (Å²) in [6.45, 7) is 5.09. The summed E-state index contributed by atoms with van der Waals surface area (Å²) in [5, 5.41) is 11.4. The largest absolute Gasteiger partial charge is 0.309 e. The summed E-state index contributed by atoms with van der Waals surface area (Å²) in [4.78, 5) is 0. The molecule has 3 rings (SSSR count). The molecule has 2 heterocycles. The lowest BCUT2D eigenvalue weighted by Gasteiger charge is -2.05.